The van der Waals surface area contributed by atoms with Crippen molar-refractivity contribution in [2.24, 2.45) is 0 Å². The summed E-state index contributed by atoms with van der Waals surface area (Å²) < 4.78 is 38.5. The van der Waals surface area contributed by atoms with Crippen LogP contribution in [-0.2, 0) is 16.4 Å². The van der Waals surface area contributed by atoms with E-state index in [1.165, 1.54) is 12.1 Å². The van der Waals surface area contributed by atoms with Crippen LogP contribution in [0.3, 0.4) is 0 Å². The Labute approximate surface area is 197 Å². The molecule has 2 aromatic carbocycles. The number of hydrogen-bond donors (Lipinski definition) is 2. The molecule has 0 unspecified atom stereocenters. The highest BCUT2D eigenvalue weighted by molar-refractivity contribution is 5.91. The molecule has 0 bridgehead atoms. The van der Waals surface area contributed by atoms with Gasteiger partial charge in [-0.15, -0.1) is 0 Å². The minimum Gasteiger partial charge on any atom is -0.324 e. The van der Waals surface area contributed by atoms with Crippen molar-refractivity contribution in [2.75, 3.05) is 18.4 Å². The number of carbonyl (C=O) groups excluding carboxylic acids is 1. The molecular formula is C26H30F3N3O2. The van der Waals surface area contributed by atoms with E-state index < -0.39 is 17.3 Å². The Hall–Kier alpha value is -3.00. The molecule has 1 saturated heterocycles. The van der Waals surface area contributed by atoms with Crippen molar-refractivity contribution >= 4 is 17.4 Å². The highest BCUT2D eigenvalue weighted by atomic mass is 19.4. The first-order chi connectivity index (χ1) is 15.9. The standard InChI is InChI=1S/C26H30F3N3O2/c1-17-6-5-7-20(24(2,3)4)22(17)30-23(33)32-14-12-25(13-15-32)16-21(31-34-25)18-8-10-19(11-9-18)26(27,28)29/h5-11,16,31H,12-15H2,1-4H3,(H,30,33). The number of alkyl halides is 3. The summed E-state index contributed by atoms with van der Waals surface area (Å²) in [7, 11) is 0. The Morgan fingerprint density at radius 2 is 1.71 bits per heavy atom. The summed E-state index contributed by atoms with van der Waals surface area (Å²) in [6.45, 7) is 9.34. The fourth-order valence-electron chi connectivity index (χ4n) is 4.44. The number of halogens is 3. The van der Waals surface area contributed by atoms with E-state index in [-0.39, 0.29) is 11.4 Å². The smallest absolute Gasteiger partial charge is 0.324 e. The number of aryl methyl sites for hydroxylation is 1. The Bertz CT molecular complexity index is 1090. The van der Waals surface area contributed by atoms with Gasteiger partial charge in [-0.25, -0.2) is 4.79 Å². The van der Waals surface area contributed by atoms with Crippen molar-refractivity contribution in [3.05, 3.63) is 70.8 Å². The van der Waals surface area contributed by atoms with Gasteiger partial charge in [-0.2, -0.15) is 13.2 Å². The van der Waals surface area contributed by atoms with Gasteiger partial charge < -0.3 is 10.2 Å². The monoisotopic (exact) mass is 473 g/mol. The quantitative estimate of drug-likeness (QED) is 0.542. The van der Waals surface area contributed by atoms with E-state index in [1.807, 2.05) is 31.2 Å². The third kappa shape index (κ3) is 4.92. The number of hydrogen-bond acceptors (Lipinski definition) is 3. The SMILES string of the molecule is Cc1cccc(C(C)(C)C)c1NC(=O)N1CCC2(C=C(c3ccc(C(F)(F)F)cc3)NO2)CC1. The Balaban J connectivity index is 1.42. The summed E-state index contributed by atoms with van der Waals surface area (Å²) in [4.78, 5) is 20.7. The van der Waals surface area contributed by atoms with Gasteiger partial charge in [0.25, 0.3) is 0 Å². The first-order valence-electron chi connectivity index (χ1n) is 11.4. The van der Waals surface area contributed by atoms with Gasteiger partial charge in [0.15, 0.2) is 0 Å². The molecule has 2 aliphatic rings. The van der Waals surface area contributed by atoms with Crippen molar-refractivity contribution in [3.8, 4) is 0 Å². The lowest BCUT2D eigenvalue weighted by atomic mass is 9.84. The van der Waals surface area contributed by atoms with E-state index in [0.717, 1.165) is 28.9 Å². The maximum absolute atomic E-state index is 13.1. The van der Waals surface area contributed by atoms with E-state index in [4.69, 9.17) is 4.84 Å². The molecule has 8 heteroatoms. The third-order valence-electron chi connectivity index (χ3n) is 6.50. The number of nitrogens with one attached hydrogen (secondary N) is 2. The second-order valence-electron chi connectivity index (χ2n) is 10.1. The fraction of sp³-hybridized carbons (Fsp3) is 0.423. The van der Waals surface area contributed by atoms with Crippen LogP contribution in [-0.4, -0.2) is 29.6 Å². The number of rotatable bonds is 2. The first-order valence-corrected chi connectivity index (χ1v) is 11.4. The average Bonchev–Trinajstić information content (AvgIpc) is 3.18. The average molecular weight is 474 g/mol. The summed E-state index contributed by atoms with van der Waals surface area (Å²) in [6, 6.07) is 10.9. The number of nitrogens with zero attached hydrogens (tertiary/aromatic N) is 1. The molecule has 5 nitrogen and oxygen atoms in total. The van der Waals surface area contributed by atoms with E-state index >= 15 is 0 Å². The molecule has 0 aliphatic carbocycles. The molecular weight excluding hydrogens is 443 g/mol. The molecule has 2 heterocycles. The van der Waals surface area contributed by atoms with Gasteiger partial charge in [0.2, 0.25) is 0 Å². The number of urea groups is 1. The van der Waals surface area contributed by atoms with Crippen molar-refractivity contribution < 1.29 is 22.8 Å². The van der Waals surface area contributed by atoms with E-state index in [1.54, 1.807) is 4.90 Å². The van der Waals surface area contributed by atoms with Crippen LogP contribution in [0.15, 0.2) is 48.5 Å². The van der Waals surface area contributed by atoms with Gasteiger partial charge in [0, 0.05) is 31.6 Å². The lowest BCUT2D eigenvalue weighted by Gasteiger charge is -2.37. The minimum absolute atomic E-state index is 0.108. The highest BCUT2D eigenvalue weighted by Crippen LogP contribution is 2.37. The number of carbonyl (C=O) groups is 1. The molecule has 2 N–H and O–H groups in total. The maximum atomic E-state index is 13.1. The lowest BCUT2D eigenvalue weighted by molar-refractivity contribution is -0.137. The first kappa shape index (κ1) is 24.1. The van der Waals surface area contributed by atoms with Crippen LogP contribution in [0.25, 0.3) is 5.70 Å². The number of hydroxylamine groups is 1. The number of benzene rings is 2. The zero-order chi connectivity index (χ0) is 24.7. The molecule has 34 heavy (non-hydrogen) atoms. The van der Waals surface area contributed by atoms with Crippen LogP contribution < -0.4 is 10.8 Å². The lowest BCUT2D eigenvalue weighted by Crippen LogP contribution is -2.48. The van der Waals surface area contributed by atoms with Crippen molar-refractivity contribution in [3.63, 3.8) is 0 Å². The zero-order valence-electron chi connectivity index (χ0n) is 19.8. The summed E-state index contributed by atoms with van der Waals surface area (Å²) in [5, 5.41) is 3.11. The zero-order valence-corrected chi connectivity index (χ0v) is 19.8. The van der Waals surface area contributed by atoms with Gasteiger partial charge >= 0.3 is 12.2 Å². The predicted molar refractivity (Wildman–Crippen MR) is 126 cm³/mol. The van der Waals surface area contributed by atoms with Crippen LogP contribution in [0.1, 0.15) is 55.9 Å². The van der Waals surface area contributed by atoms with Crippen LogP contribution in [0.4, 0.5) is 23.7 Å². The summed E-state index contributed by atoms with van der Waals surface area (Å²) in [5.74, 6) is 0. The third-order valence-corrected chi connectivity index (χ3v) is 6.50. The van der Waals surface area contributed by atoms with E-state index in [9.17, 15) is 18.0 Å². The molecule has 0 saturated carbocycles. The normalized spacial score (nSPS) is 18.0. The molecule has 0 atom stereocenters. The molecule has 2 amide bonds. The topological polar surface area (TPSA) is 53.6 Å². The van der Waals surface area contributed by atoms with Gasteiger partial charge in [0.05, 0.1) is 11.3 Å². The van der Waals surface area contributed by atoms with Crippen molar-refractivity contribution in [2.45, 2.75) is 57.7 Å². The molecule has 1 spiro atoms. The van der Waals surface area contributed by atoms with Gasteiger partial charge in [-0.3, -0.25) is 10.3 Å². The minimum atomic E-state index is -4.37. The molecule has 1 fully saturated rings. The number of para-hydroxylation sites is 1. The number of anilines is 1. The molecule has 0 radical (unpaired) electrons. The van der Waals surface area contributed by atoms with Gasteiger partial charge in [-0.1, -0.05) is 51.1 Å². The van der Waals surface area contributed by atoms with Gasteiger partial charge in [0.1, 0.15) is 5.60 Å². The van der Waals surface area contributed by atoms with E-state index in [2.05, 4.69) is 31.6 Å². The van der Waals surface area contributed by atoms with Crippen LogP contribution in [0, 0.1) is 6.92 Å². The number of likely N-dealkylation sites (tertiary alicyclic amines) is 1. The molecule has 2 aliphatic heterocycles. The van der Waals surface area contributed by atoms with Crippen LogP contribution in [0.5, 0.6) is 0 Å². The summed E-state index contributed by atoms with van der Waals surface area (Å²) in [6.07, 6.45) is -1.29. The fourth-order valence-corrected chi connectivity index (χ4v) is 4.44. The van der Waals surface area contributed by atoms with Crippen LogP contribution >= 0.6 is 0 Å². The second kappa shape index (κ2) is 8.65. The van der Waals surface area contributed by atoms with Crippen molar-refractivity contribution in [1.82, 2.24) is 10.4 Å². The second-order valence-corrected chi connectivity index (χ2v) is 10.1. The molecule has 0 aromatic heterocycles. The number of piperidine rings is 1. The number of amides is 2. The largest absolute Gasteiger partial charge is 0.416 e. The Morgan fingerprint density at radius 3 is 2.29 bits per heavy atom. The van der Waals surface area contributed by atoms with Crippen LogP contribution in [0.2, 0.25) is 0 Å². The summed E-state index contributed by atoms with van der Waals surface area (Å²) in [5.41, 5.74) is 5.70. The predicted octanol–water partition coefficient (Wildman–Crippen LogP) is 6.25. The maximum Gasteiger partial charge on any atom is 0.416 e. The molecule has 4 rings (SSSR count). The Morgan fingerprint density at radius 1 is 1.06 bits per heavy atom. The van der Waals surface area contributed by atoms with Gasteiger partial charge in [-0.05, 0) is 47.2 Å². The Kier molecular flexibility index (Phi) is 6.14. The molecule has 182 valence electrons. The highest BCUT2D eigenvalue weighted by Gasteiger charge is 2.40. The van der Waals surface area contributed by atoms with E-state index in [0.29, 0.717) is 37.2 Å². The van der Waals surface area contributed by atoms with Crippen molar-refractivity contribution in [1.29, 1.82) is 0 Å². The summed E-state index contributed by atoms with van der Waals surface area (Å²) >= 11 is 0. The molecule has 2 aromatic rings.